The first kappa shape index (κ1) is 12.5. The van der Waals surface area contributed by atoms with E-state index in [4.69, 9.17) is 21.7 Å². The molecule has 1 heterocycles. The zero-order valence-electron chi connectivity index (χ0n) is 9.13. The number of carbonyl (C=O) groups excluding carboxylic acids is 1. The lowest BCUT2D eigenvalue weighted by atomic mass is 10.2. The van der Waals surface area contributed by atoms with E-state index in [9.17, 15) is 4.79 Å². The summed E-state index contributed by atoms with van der Waals surface area (Å²) in [5.74, 6) is 0.00395. The second-order valence-corrected chi connectivity index (χ2v) is 5.23. The molecule has 1 unspecified atom stereocenters. The Morgan fingerprint density at radius 2 is 2.18 bits per heavy atom. The Balaban J connectivity index is 1.70. The number of epoxide rings is 1. The molecule has 0 aromatic heterocycles. The van der Waals surface area contributed by atoms with E-state index >= 15 is 0 Å². The molecule has 0 aliphatic carbocycles. The van der Waals surface area contributed by atoms with Gasteiger partial charge in [-0.05, 0) is 5.56 Å². The first-order chi connectivity index (χ1) is 8.25. The van der Waals surface area contributed by atoms with Crippen LogP contribution in [0.15, 0.2) is 30.3 Å². The van der Waals surface area contributed by atoms with Crippen molar-refractivity contribution in [3.8, 4) is 0 Å². The van der Waals surface area contributed by atoms with Crippen LogP contribution in [0.4, 0.5) is 0 Å². The third-order valence-electron chi connectivity index (χ3n) is 2.16. The highest BCUT2D eigenvalue weighted by atomic mass is 32.2. The van der Waals surface area contributed by atoms with Gasteiger partial charge in [0.2, 0.25) is 0 Å². The Kier molecular flexibility index (Phi) is 4.53. The van der Waals surface area contributed by atoms with Crippen molar-refractivity contribution in [3.05, 3.63) is 35.9 Å². The highest BCUT2D eigenvalue weighted by molar-refractivity contribution is 8.24. The maximum Gasteiger partial charge on any atom is 0.316 e. The topological polar surface area (TPSA) is 38.8 Å². The summed E-state index contributed by atoms with van der Waals surface area (Å²) in [6, 6.07) is 9.63. The van der Waals surface area contributed by atoms with Gasteiger partial charge in [0.15, 0.2) is 0 Å². The molecule has 5 heteroatoms. The van der Waals surface area contributed by atoms with Crippen molar-refractivity contribution in [1.82, 2.24) is 0 Å². The van der Waals surface area contributed by atoms with Crippen LogP contribution in [0.3, 0.4) is 0 Å². The molecular weight excluding hydrogens is 256 g/mol. The number of thiocarbonyl (C=S) groups is 1. The van der Waals surface area contributed by atoms with Crippen LogP contribution in [0.25, 0.3) is 0 Å². The van der Waals surface area contributed by atoms with Crippen LogP contribution < -0.4 is 0 Å². The average Bonchev–Trinajstić information content (AvgIpc) is 3.18. The summed E-state index contributed by atoms with van der Waals surface area (Å²) in [5, 5.41) is 0. The molecule has 1 saturated heterocycles. The van der Waals surface area contributed by atoms with Gasteiger partial charge in [-0.1, -0.05) is 42.5 Å². The van der Waals surface area contributed by atoms with Gasteiger partial charge in [-0.15, -0.1) is 11.8 Å². The van der Waals surface area contributed by atoms with Crippen molar-refractivity contribution in [1.29, 1.82) is 0 Å². The predicted molar refractivity (Wildman–Crippen MR) is 71.3 cm³/mol. The van der Waals surface area contributed by atoms with Crippen molar-refractivity contribution in [2.45, 2.75) is 6.10 Å². The van der Waals surface area contributed by atoms with E-state index < -0.39 is 0 Å². The van der Waals surface area contributed by atoms with Gasteiger partial charge in [-0.2, -0.15) is 0 Å². The van der Waals surface area contributed by atoms with E-state index in [0.29, 0.717) is 17.4 Å². The fourth-order valence-corrected chi connectivity index (χ4v) is 2.12. The molecule has 17 heavy (non-hydrogen) atoms. The lowest BCUT2D eigenvalue weighted by molar-refractivity contribution is -0.140. The van der Waals surface area contributed by atoms with Crippen LogP contribution >= 0.6 is 24.0 Å². The number of thioether (sulfide) groups is 1. The minimum absolute atomic E-state index is 0.116. The predicted octanol–water partition coefficient (Wildman–Crippen LogP) is 2.04. The molecule has 0 amide bonds. The van der Waals surface area contributed by atoms with Gasteiger partial charge in [0, 0.05) is 0 Å². The minimum Gasteiger partial charge on any atom is -0.462 e. The zero-order valence-corrected chi connectivity index (χ0v) is 10.8. The second-order valence-electron chi connectivity index (χ2n) is 3.58. The molecule has 0 radical (unpaired) electrons. The molecule has 1 fully saturated rings. The Hall–Kier alpha value is -0.910. The number of benzene rings is 1. The number of hydrogen-bond donors (Lipinski definition) is 0. The molecule has 90 valence electrons. The van der Waals surface area contributed by atoms with Gasteiger partial charge < -0.3 is 9.47 Å². The number of esters is 1. The third kappa shape index (κ3) is 4.46. The van der Waals surface area contributed by atoms with E-state index in [1.54, 1.807) is 0 Å². The van der Waals surface area contributed by atoms with Crippen molar-refractivity contribution in [3.63, 3.8) is 0 Å². The van der Waals surface area contributed by atoms with Gasteiger partial charge >= 0.3 is 5.97 Å². The number of carbonyl (C=O) groups is 1. The average molecular weight is 268 g/mol. The van der Waals surface area contributed by atoms with Gasteiger partial charge in [0.25, 0.3) is 0 Å². The fourth-order valence-electron chi connectivity index (χ4n) is 1.17. The normalized spacial score (nSPS) is 17.5. The molecular formula is C12H12O3S2. The van der Waals surface area contributed by atoms with Crippen LogP contribution in [0.2, 0.25) is 0 Å². The molecule has 3 nitrogen and oxygen atoms in total. The van der Waals surface area contributed by atoms with Crippen molar-refractivity contribution >= 4 is 34.1 Å². The van der Waals surface area contributed by atoms with Crippen molar-refractivity contribution in [2.75, 3.05) is 19.0 Å². The van der Waals surface area contributed by atoms with Crippen LogP contribution in [0.5, 0.6) is 0 Å². The first-order valence-corrected chi connectivity index (χ1v) is 6.64. The molecule has 0 N–H and O–H groups in total. The van der Waals surface area contributed by atoms with Crippen molar-refractivity contribution < 1.29 is 14.3 Å². The summed E-state index contributed by atoms with van der Waals surface area (Å²) in [6.07, 6.45) is 0.116. The van der Waals surface area contributed by atoms with E-state index in [-0.39, 0.29) is 17.8 Å². The lowest BCUT2D eigenvalue weighted by Crippen LogP contribution is -2.12. The Labute approximate surface area is 109 Å². The Morgan fingerprint density at radius 3 is 2.82 bits per heavy atom. The van der Waals surface area contributed by atoms with E-state index in [1.165, 1.54) is 11.8 Å². The van der Waals surface area contributed by atoms with Gasteiger partial charge in [0.1, 0.15) is 12.7 Å². The SMILES string of the molecule is O=C(CSC(=S)c1ccccc1)OCC1CO1. The fraction of sp³-hybridized carbons (Fsp3) is 0.333. The maximum absolute atomic E-state index is 11.4. The molecule has 1 atom stereocenters. The summed E-state index contributed by atoms with van der Waals surface area (Å²) < 4.78 is 10.7. The molecule has 1 aliphatic rings. The molecule has 0 saturated carbocycles. The van der Waals surface area contributed by atoms with Crippen LogP contribution in [0.1, 0.15) is 5.56 Å². The number of hydrogen-bond acceptors (Lipinski definition) is 5. The summed E-state index contributed by atoms with van der Waals surface area (Å²) in [6.45, 7) is 1.06. The van der Waals surface area contributed by atoms with Gasteiger partial charge in [0.05, 0.1) is 16.6 Å². The summed E-state index contributed by atoms with van der Waals surface area (Å²) in [4.78, 5) is 11.4. The highest BCUT2D eigenvalue weighted by Gasteiger charge is 2.24. The molecule has 2 rings (SSSR count). The zero-order chi connectivity index (χ0) is 12.1. The molecule has 0 bridgehead atoms. The first-order valence-electron chi connectivity index (χ1n) is 5.25. The van der Waals surface area contributed by atoms with Crippen LogP contribution in [0, 0.1) is 0 Å². The van der Waals surface area contributed by atoms with Crippen LogP contribution in [-0.2, 0) is 14.3 Å². The van der Waals surface area contributed by atoms with Crippen LogP contribution in [-0.4, -0.2) is 35.2 Å². The van der Waals surface area contributed by atoms with Gasteiger partial charge in [-0.3, -0.25) is 4.79 Å². The monoisotopic (exact) mass is 268 g/mol. The second kappa shape index (κ2) is 6.14. The number of ether oxygens (including phenoxy) is 2. The van der Waals surface area contributed by atoms with Crippen molar-refractivity contribution in [2.24, 2.45) is 0 Å². The summed E-state index contributed by atoms with van der Waals surface area (Å²) in [7, 11) is 0. The summed E-state index contributed by atoms with van der Waals surface area (Å²) >= 11 is 6.54. The smallest absolute Gasteiger partial charge is 0.316 e. The van der Waals surface area contributed by atoms with E-state index in [1.807, 2.05) is 30.3 Å². The highest BCUT2D eigenvalue weighted by Crippen LogP contribution is 2.14. The minimum atomic E-state index is -0.246. The molecule has 0 spiro atoms. The Morgan fingerprint density at radius 1 is 1.47 bits per heavy atom. The van der Waals surface area contributed by atoms with E-state index in [2.05, 4.69) is 0 Å². The number of rotatable bonds is 5. The largest absolute Gasteiger partial charge is 0.462 e. The van der Waals surface area contributed by atoms with E-state index in [0.717, 1.165) is 5.56 Å². The Bertz CT molecular complexity index is 401. The lowest BCUT2D eigenvalue weighted by Gasteiger charge is -2.04. The quantitative estimate of drug-likeness (QED) is 0.464. The maximum atomic E-state index is 11.4. The summed E-state index contributed by atoms with van der Waals surface area (Å²) in [5.41, 5.74) is 0.964. The molecule has 1 aliphatic heterocycles. The molecule has 1 aromatic rings. The van der Waals surface area contributed by atoms with Gasteiger partial charge in [-0.25, -0.2) is 0 Å². The third-order valence-corrected chi connectivity index (χ3v) is 3.63. The molecule has 1 aromatic carbocycles. The standard InChI is InChI=1S/C12H12O3S2/c13-11(15-7-10-6-14-10)8-17-12(16)9-4-2-1-3-5-9/h1-5,10H,6-8H2.